The van der Waals surface area contributed by atoms with Crippen molar-refractivity contribution < 1.29 is 4.74 Å². The van der Waals surface area contributed by atoms with Gasteiger partial charge in [-0.2, -0.15) is 0 Å². The summed E-state index contributed by atoms with van der Waals surface area (Å²) < 4.78 is 5.33. The quantitative estimate of drug-likeness (QED) is 0.617. The van der Waals surface area contributed by atoms with Crippen molar-refractivity contribution in [3.63, 3.8) is 0 Å². The second-order valence-corrected chi connectivity index (χ2v) is 5.82. The lowest BCUT2D eigenvalue weighted by Gasteiger charge is -2.26. The van der Waals surface area contributed by atoms with Crippen molar-refractivity contribution in [2.75, 3.05) is 39.4 Å². The van der Waals surface area contributed by atoms with Crippen LogP contribution in [0, 0.1) is 0 Å². The van der Waals surface area contributed by atoms with Crippen LogP contribution in [0.25, 0.3) is 0 Å². The van der Waals surface area contributed by atoms with Crippen molar-refractivity contribution in [2.45, 2.75) is 13.0 Å². The summed E-state index contributed by atoms with van der Waals surface area (Å²) in [7, 11) is 0. The second kappa shape index (κ2) is 9.20. The monoisotopic (exact) mass is 327 g/mol. The number of nitrogens with zero attached hydrogens (tertiary/aromatic N) is 1. The van der Waals surface area contributed by atoms with E-state index in [4.69, 9.17) is 28.6 Å². The van der Waals surface area contributed by atoms with E-state index in [1.54, 1.807) is 0 Å². The first-order valence-corrected chi connectivity index (χ1v) is 8.09. The molecule has 2 rings (SSSR count). The van der Waals surface area contributed by atoms with E-state index in [1.807, 2.05) is 24.3 Å². The number of morpholine rings is 1. The lowest BCUT2D eigenvalue weighted by molar-refractivity contribution is 0.0376. The molecule has 1 aromatic rings. The van der Waals surface area contributed by atoms with E-state index < -0.39 is 0 Å². The zero-order valence-electron chi connectivity index (χ0n) is 12.1. The van der Waals surface area contributed by atoms with E-state index in [2.05, 4.69) is 15.5 Å². The zero-order chi connectivity index (χ0) is 14.9. The fourth-order valence-electron chi connectivity index (χ4n) is 2.21. The number of hydrogen-bond donors (Lipinski definition) is 2. The molecule has 0 bridgehead atoms. The van der Waals surface area contributed by atoms with E-state index in [-0.39, 0.29) is 0 Å². The Morgan fingerprint density at radius 1 is 1.24 bits per heavy atom. The maximum absolute atomic E-state index is 6.10. The Kier molecular flexibility index (Phi) is 7.23. The van der Waals surface area contributed by atoms with Crippen LogP contribution < -0.4 is 10.6 Å². The van der Waals surface area contributed by atoms with Gasteiger partial charge in [-0.15, -0.1) is 0 Å². The smallest absolute Gasteiger partial charge is 0.166 e. The second-order valence-electron chi connectivity index (χ2n) is 5.01. The van der Waals surface area contributed by atoms with Crippen LogP contribution in [-0.2, 0) is 11.3 Å². The molecule has 1 aliphatic heterocycles. The minimum absolute atomic E-state index is 0.648. The Hall–Kier alpha value is -0.880. The van der Waals surface area contributed by atoms with Crippen molar-refractivity contribution in [1.82, 2.24) is 15.5 Å². The molecule has 1 aromatic carbocycles. The van der Waals surface area contributed by atoms with E-state index in [9.17, 15) is 0 Å². The molecule has 0 spiro atoms. The predicted molar refractivity (Wildman–Crippen MR) is 90.8 cm³/mol. The number of nitrogens with one attached hydrogen (secondary N) is 2. The van der Waals surface area contributed by atoms with E-state index in [0.717, 1.165) is 56.4 Å². The average Bonchev–Trinajstić information content (AvgIpc) is 2.52. The highest BCUT2D eigenvalue weighted by molar-refractivity contribution is 7.80. The number of thiocarbonyl (C=S) groups is 1. The van der Waals surface area contributed by atoms with Gasteiger partial charge in [-0.3, -0.25) is 4.90 Å². The maximum Gasteiger partial charge on any atom is 0.166 e. The van der Waals surface area contributed by atoms with Crippen LogP contribution in [0.1, 0.15) is 12.0 Å². The molecule has 1 saturated heterocycles. The molecule has 0 aliphatic carbocycles. The molecule has 116 valence electrons. The molecule has 2 N–H and O–H groups in total. The van der Waals surface area contributed by atoms with Gasteiger partial charge in [0.25, 0.3) is 0 Å². The molecule has 6 heteroatoms. The Morgan fingerprint density at radius 3 is 2.76 bits per heavy atom. The van der Waals surface area contributed by atoms with Gasteiger partial charge in [0.15, 0.2) is 5.11 Å². The molecule has 1 heterocycles. The van der Waals surface area contributed by atoms with Crippen molar-refractivity contribution in [1.29, 1.82) is 0 Å². The Morgan fingerprint density at radius 2 is 2.00 bits per heavy atom. The van der Waals surface area contributed by atoms with Crippen LogP contribution in [0.5, 0.6) is 0 Å². The topological polar surface area (TPSA) is 36.5 Å². The number of rotatable bonds is 6. The van der Waals surface area contributed by atoms with Gasteiger partial charge in [0, 0.05) is 31.2 Å². The van der Waals surface area contributed by atoms with Gasteiger partial charge in [-0.1, -0.05) is 29.8 Å². The zero-order valence-corrected chi connectivity index (χ0v) is 13.7. The molecule has 0 aromatic heterocycles. The third kappa shape index (κ3) is 6.18. The van der Waals surface area contributed by atoms with Gasteiger partial charge in [-0.05, 0) is 36.8 Å². The molecule has 0 saturated carbocycles. The van der Waals surface area contributed by atoms with Gasteiger partial charge in [0.2, 0.25) is 0 Å². The summed E-state index contributed by atoms with van der Waals surface area (Å²) >= 11 is 11.4. The highest BCUT2D eigenvalue weighted by Gasteiger charge is 2.09. The first-order chi connectivity index (χ1) is 10.3. The summed E-state index contributed by atoms with van der Waals surface area (Å²) in [6.07, 6.45) is 1.08. The summed E-state index contributed by atoms with van der Waals surface area (Å²) in [5.74, 6) is 0. The third-order valence-electron chi connectivity index (χ3n) is 3.44. The van der Waals surface area contributed by atoms with E-state index in [0.29, 0.717) is 11.7 Å². The summed E-state index contributed by atoms with van der Waals surface area (Å²) in [4.78, 5) is 2.42. The predicted octanol–water partition coefficient (Wildman–Crippen LogP) is 2.03. The fraction of sp³-hybridized carbons (Fsp3) is 0.533. The molecule has 1 aliphatic rings. The fourth-order valence-corrected chi connectivity index (χ4v) is 2.59. The molecule has 0 atom stereocenters. The molecule has 1 fully saturated rings. The molecule has 4 nitrogen and oxygen atoms in total. The van der Waals surface area contributed by atoms with Crippen LogP contribution in [0.15, 0.2) is 24.3 Å². The van der Waals surface area contributed by atoms with Crippen LogP contribution >= 0.6 is 23.8 Å². The van der Waals surface area contributed by atoms with Crippen molar-refractivity contribution in [2.24, 2.45) is 0 Å². The molecular weight excluding hydrogens is 306 g/mol. The highest BCUT2D eigenvalue weighted by atomic mass is 35.5. The summed E-state index contributed by atoms with van der Waals surface area (Å²) in [5, 5.41) is 7.85. The largest absolute Gasteiger partial charge is 0.379 e. The van der Waals surface area contributed by atoms with Crippen molar-refractivity contribution >= 4 is 28.9 Å². The van der Waals surface area contributed by atoms with Gasteiger partial charge in [0.1, 0.15) is 0 Å². The first kappa shape index (κ1) is 16.5. The Labute approximate surface area is 136 Å². The minimum atomic E-state index is 0.648. The van der Waals surface area contributed by atoms with E-state index in [1.165, 1.54) is 0 Å². The maximum atomic E-state index is 6.10. The van der Waals surface area contributed by atoms with Gasteiger partial charge >= 0.3 is 0 Å². The summed E-state index contributed by atoms with van der Waals surface area (Å²) in [6.45, 7) is 6.39. The van der Waals surface area contributed by atoms with Crippen LogP contribution in [0.4, 0.5) is 0 Å². The highest BCUT2D eigenvalue weighted by Crippen LogP contribution is 2.14. The van der Waals surface area contributed by atoms with Crippen LogP contribution in [0.3, 0.4) is 0 Å². The summed E-state index contributed by atoms with van der Waals surface area (Å²) in [6, 6.07) is 7.78. The summed E-state index contributed by atoms with van der Waals surface area (Å²) in [5.41, 5.74) is 1.05. The van der Waals surface area contributed by atoms with Crippen molar-refractivity contribution in [3.05, 3.63) is 34.9 Å². The number of halogens is 1. The molecule has 0 radical (unpaired) electrons. The molecule has 0 amide bonds. The van der Waals surface area contributed by atoms with Gasteiger partial charge in [-0.25, -0.2) is 0 Å². The lowest BCUT2D eigenvalue weighted by atomic mass is 10.2. The minimum Gasteiger partial charge on any atom is -0.379 e. The Balaban J connectivity index is 1.56. The normalized spacial score (nSPS) is 15.7. The number of hydrogen-bond acceptors (Lipinski definition) is 3. The number of benzene rings is 1. The molecular formula is C15H22ClN3OS. The van der Waals surface area contributed by atoms with Gasteiger partial charge in [0.05, 0.1) is 13.2 Å². The Bertz CT molecular complexity index is 452. The molecule has 0 unspecified atom stereocenters. The number of ether oxygens (including phenoxy) is 1. The van der Waals surface area contributed by atoms with Crippen molar-refractivity contribution in [3.8, 4) is 0 Å². The van der Waals surface area contributed by atoms with Crippen LogP contribution in [0.2, 0.25) is 5.02 Å². The SMILES string of the molecule is S=C(NCCCN1CCOCC1)NCc1ccccc1Cl. The standard InChI is InChI=1S/C15H22ClN3OS/c16-14-5-2-1-4-13(14)12-18-15(21)17-6-3-7-19-8-10-20-11-9-19/h1-2,4-5H,3,6-12H2,(H2,17,18,21). The van der Waals surface area contributed by atoms with Crippen LogP contribution in [-0.4, -0.2) is 49.4 Å². The third-order valence-corrected chi connectivity index (χ3v) is 4.10. The van der Waals surface area contributed by atoms with Gasteiger partial charge < -0.3 is 15.4 Å². The molecule has 21 heavy (non-hydrogen) atoms. The lowest BCUT2D eigenvalue weighted by Crippen LogP contribution is -2.39. The average molecular weight is 328 g/mol. The van der Waals surface area contributed by atoms with E-state index >= 15 is 0 Å². The first-order valence-electron chi connectivity index (χ1n) is 7.31.